The molecule has 0 amide bonds. The second kappa shape index (κ2) is 9.80. The summed E-state index contributed by atoms with van der Waals surface area (Å²) in [4.78, 5) is 21.0. The van der Waals surface area contributed by atoms with Crippen molar-refractivity contribution in [3.63, 3.8) is 0 Å². The van der Waals surface area contributed by atoms with Gasteiger partial charge in [0.15, 0.2) is 5.96 Å². The molecule has 148 valence electrons. The van der Waals surface area contributed by atoms with Gasteiger partial charge in [-0.1, -0.05) is 0 Å². The van der Waals surface area contributed by atoms with Crippen LogP contribution in [0.15, 0.2) is 23.2 Å². The van der Waals surface area contributed by atoms with E-state index in [4.69, 9.17) is 10.00 Å². The van der Waals surface area contributed by atoms with E-state index in [0.29, 0.717) is 39.3 Å². The van der Waals surface area contributed by atoms with Crippen LogP contribution in [0.4, 0.5) is 4.39 Å². The van der Waals surface area contributed by atoms with Gasteiger partial charge < -0.3 is 15.4 Å². The van der Waals surface area contributed by atoms with Gasteiger partial charge in [0.05, 0.1) is 30.0 Å². The van der Waals surface area contributed by atoms with Crippen LogP contribution in [0.25, 0.3) is 0 Å². The third-order valence-electron chi connectivity index (χ3n) is 3.84. The number of benzene rings is 1. The highest BCUT2D eigenvalue weighted by atomic mass is 32.1. The van der Waals surface area contributed by atoms with Gasteiger partial charge in [-0.15, -0.1) is 11.3 Å². The summed E-state index contributed by atoms with van der Waals surface area (Å²) in [7, 11) is 1.60. The molecule has 2 rings (SSSR count). The van der Waals surface area contributed by atoms with E-state index in [2.05, 4.69) is 20.6 Å². The van der Waals surface area contributed by atoms with Crippen molar-refractivity contribution in [2.45, 2.75) is 33.4 Å². The minimum atomic E-state index is -0.398. The van der Waals surface area contributed by atoms with Crippen molar-refractivity contribution in [2.24, 2.45) is 4.99 Å². The number of carbonyl (C=O) groups is 1. The van der Waals surface area contributed by atoms with E-state index in [1.165, 1.54) is 29.5 Å². The van der Waals surface area contributed by atoms with Crippen LogP contribution in [-0.4, -0.2) is 30.6 Å². The van der Waals surface area contributed by atoms with E-state index in [-0.39, 0.29) is 18.6 Å². The van der Waals surface area contributed by atoms with Gasteiger partial charge in [0.1, 0.15) is 15.7 Å². The predicted octanol–water partition coefficient (Wildman–Crippen LogP) is 3.07. The van der Waals surface area contributed by atoms with Gasteiger partial charge in [0.25, 0.3) is 0 Å². The Kier molecular flexibility index (Phi) is 7.46. The molecule has 0 aliphatic heterocycles. The molecule has 7 nitrogen and oxygen atoms in total. The molecule has 0 aliphatic carbocycles. The molecular weight excluding hydrogens is 381 g/mol. The fraction of sp³-hybridized carbons (Fsp3) is 0.368. The maximum Gasteiger partial charge on any atom is 0.350 e. The lowest BCUT2D eigenvalue weighted by Crippen LogP contribution is -2.38. The smallest absolute Gasteiger partial charge is 0.350 e. The first-order chi connectivity index (χ1) is 13.4. The lowest BCUT2D eigenvalue weighted by Gasteiger charge is -2.16. The van der Waals surface area contributed by atoms with Crippen LogP contribution in [0.3, 0.4) is 0 Å². The van der Waals surface area contributed by atoms with E-state index in [1.54, 1.807) is 20.9 Å². The fourth-order valence-electron chi connectivity index (χ4n) is 2.41. The van der Waals surface area contributed by atoms with Crippen molar-refractivity contribution in [3.8, 4) is 6.07 Å². The SMILES string of the molecule is CCOC(=O)c1sc(C(C)NC(=NC)NCc2cc(C#N)ccc2F)nc1C. The quantitative estimate of drug-likeness (QED) is 0.437. The molecule has 2 aromatic rings. The molecule has 0 bridgehead atoms. The van der Waals surface area contributed by atoms with E-state index in [9.17, 15) is 9.18 Å². The lowest BCUT2D eigenvalue weighted by molar-refractivity contribution is 0.0531. The van der Waals surface area contributed by atoms with E-state index < -0.39 is 5.82 Å². The summed E-state index contributed by atoms with van der Waals surface area (Å²) in [6.45, 7) is 5.87. The first-order valence-electron chi connectivity index (χ1n) is 8.69. The van der Waals surface area contributed by atoms with Gasteiger partial charge >= 0.3 is 5.97 Å². The zero-order valence-corrected chi connectivity index (χ0v) is 17.0. The van der Waals surface area contributed by atoms with Crippen LogP contribution >= 0.6 is 11.3 Å². The van der Waals surface area contributed by atoms with Crippen LogP contribution in [0.2, 0.25) is 0 Å². The summed E-state index contributed by atoms with van der Waals surface area (Å²) < 4.78 is 18.9. The molecule has 0 aliphatic rings. The van der Waals surface area contributed by atoms with Gasteiger partial charge in [0.2, 0.25) is 0 Å². The van der Waals surface area contributed by atoms with Crippen LogP contribution in [0.5, 0.6) is 0 Å². The van der Waals surface area contributed by atoms with Gasteiger partial charge in [-0.3, -0.25) is 4.99 Å². The molecule has 1 aromatic carbocycles. The minimum absolute atomic E-state index is 0.165. The van der Waals surface area contributed by atoms with E-state index >= 15 is 0 Å². The third kappa shape index (κ3) is 5.27. The second-order valence-corrected chi connectivity index (χ2v) is 6.93. The highest BCUT2D eigenvalue weighted by Gasteiger charge is 2.20. The molecule has 1 atom stereocenters. The van der Waals surface area contributed by atoms with Crippen molar-refractivity contribution in [2.75, 3.05) is 13.7 Å². The van der Waals surface area contributed by atoms with Crippen molar-refractivity contribution >= 4 is 23.3 Å². The van der Waals surface area contributed by atoms with Crippen LogP contribution in [0.1, 0.15) is 51.4 Å². The number of thiazole rings is 1. The number of esters is 1. The summed E-state index contributed by atoms with van der Waals surface area (Å²) >= 11 is 1.26. The first-order valence-corrected chi connectivity index (χ1v) is 9.51. The Bertz CT molecular complexity index is 920. The van der Waals surface area contributed by atoms with Gasteiger partial charge in [0, 0.05) is 19.2 Å². The average molecular weight is 403 g/mol. The molecule has 0 saturated carbocycles. The number of ether oxygens (including phenoxy) is 1. The van der Waals surface area contributed by atoms with E-state index in [1.807, 2.05) is 13.0 Å². The zero-order chi connectivity index (χ0) is 20.7. The summed E-state index contributed by atoms with van der Waals surface area (Å²) in [5.41, 5.74) is 1.37. The van der Waals surface area contributed by atoms with Gasteiger partial charge in [-0.2, -0.15) is 5.26 Å². The molecule has 0 fully saturated rings. The number of nitrogens with one attached hydrogen (secondary N) is 2. The predicted molar refractivity (Wildman–Crippen MR) is 106 cm³/mol. The number of halogens is 1. The summed E-state index contributed by atoms with van der Waals surface area (Å²) in [6, 6.07) is 5.96. The maximum absolute atomic E-state index is 13.9. The lowest BCUT2D eigenvalue weighted by atomic mass is 10.1. The number of aryl methyl sites for hydroxylation is 1. The second-order valence-electron chi connectivity index (χ2n) is 5.90. The largest absolute Gasteiger partial charge is 0.462 e. The molecule has 2 N–H and O–H groups in total. The Morgan fingerprint density at radius 1 is 1.50 bits per heavy atom. The van der Waals surface area contributed by atoms with Crippen LogP contribution in [0, 0.1) is 24.1 Å². The Hall–Kier alpha value is -2.99. The monoisotopic (exact) mass is 403 g/mol. The van der Waals surface area contributed by atoms with Crippen LogP contribution < -0.4 is 10.6 Å². The third-order valence-corrected chi connectivity index (χ3v) is 5.16. The van der Waals surface area contributed by atoms with Crippen molar-refractivity contribution in [1.82, 2.24) is 15.6 Å². The van der Waals surface area contributed by atoms with E-state index in [0.717, 1.165) is 0 Å². The number of nitrogens with zero attached hydrogens (tertiary/aromatic N) is 3. The summed E-state index contributed by atoms with van der Waals surface area (Å²) in [5.74, 6) is -0.337. The molecule has 0 saturated heterocycles. The first kappa shape index (κ1) is 21.3. The molecule has 9 heteroatoms. The Morgan fingerprint density at radius 3 is 2.89 bits per heavy atom. The molecule has 1 aromatic heterocycles. The van der Waals surface area contributed by atoms with Gasteiger partial charge in [-0.25, -0.2) is 14.2 Å². The molecule has 1 heterocycles. The summed E-state index contributed by atoms with van der Waals surface area (Å²) in [6.07, 6.45) is 0. The molecule has 1 unspecified atom stereocenters. The Balaban J connectivity index is 2.04. The standard InChI is InChI=1S/C19H22FN5O2S/c1-5-27-18(26)16-11(2)24-17(28-16)12(3)25-19(22-4)23-10-14-8-13(9-21)6-7-15(14)20/h6-8,12H,5,10H2,1-4H3,(H2,22,23,25). The molecular formula is C19H22FN5O2S. The number of hydrogen-bond donors (Lipinski definition) is 2. The number of aliphatic imine (C=N–C) groups is 1. The number of nitriles is 1. The minimum Gasteiger partial charge on any atom is -0.462 e. The number of carbonyl (C=O) groups excluding carboxylic acids is 1. The van der Waals surface area contributed by atoms with Gasteiger partial charge in [-0.05, 0) is 39.0 Å². The maximum atomic E-state index is 13.9. The average Bonchev–Trinajstić information content (AvgIpc) is 3.08. The highest BCUT2D eigenvalue weighted by molar-refractivity contribution is 7.13. The normalized spacial score (nSPS) is 12.2. The number of hydrogen-bond acceptors (Lipinski definition) is 6. The van der Waals surface area contributed by atoms with Crippen molar-refractivity contribution in [3.05, 3.63) is 50.7 Å². The molecule has 0 radical (unpaired) electrons. The number of aromatic nitrogens is 1. The van der Waals surface area contributed by atoms with Crippen LogP contribution in [-0.2, 0) is 11.3 Å². The Morgan fingerprint density at radius 2 is 2.25 bits per heavy atom. The Labute approximate surface area is 167 Å². The molecule has 28 heavy (non-hydrogen) atoms. The number of guanidine groups is 1. The zero-order valence-electron chi connectivity index (χ0n) is 16.2. The topological polar surface area (TPSA) is 99.4 Å². The summed E-state index contributed by atoms with van der Waals surface area (Å²) in [5, 5.41) is 15.8. The molecule has 0 spiro atoms. The fourth-order valence-corrected chi connectivity index (χ4v) is 3.37. The highest BCUT2D eigenvalue weighted by Crippen LogP contribution is 2.24. The van der Waals surface area contributed by atoms with Crippen molar-refractivity contribution < 1.29 is 13.9 Å². The number of rotatable bonds is 6. The van der Waals surface area contributed by atoms with Crippen molar-refractivity contribution in [1.29, 1.82) is 5.26 Å².